The van der Waals surface area contributed by atoms with E-state index in [4.69, 9.17) is 22.9 Å². The minimum Gasteiger partial charge on any atom is -0.480 e. The van der Waals surface area contributed by atoms with Crippen LogP contribution in [0.3, 0.4) is 0 Å². The molecule has 12 N–H and O–H groups in total. The summed E-state index contributed by atoms with van der Waals surface area (Å²) in [6.45, 7) is 1.65. The average Bonchev–Trinajstić information content (AvgIpc) is 2.83. The van der Waals surface area contributed by atoms with Crippen LogP contribution in [0.5, 0.6) is 0 Å². The Balaban J connectivity index is 2.85. The Morgan fingerprint density at radius 2 is 1.51 bits per heavy atom. The van der Waals surface area contributed by atoms with Gasteiger partial charge in [-0.25, -0.2) is 4.79 Å². The van der Waals surface area contributed by atoms with E-state index in [0.717, 1.165) is 5.56 Å². The number of carbonyl (C=O) groups is 5. The molecule has 4 unspecified atom stereocenters. The van der Waals surface area contributed by atoms with Gasteiger partial charge in [0.05, 0.1) is 6.04 Å². The van der Waals surface area contributed by atoms with Crippen LogP contribution in [0.25, 0.3) is 0 Å². The van der Waals surface area contributed by atoms with E-state index < -0.39 is 53.8 Å². The van der Waals surface area contributed by atoms with Crippen LogP contribution < -0.4 is 38.9 Å². The van der Waals surface area contributed by atoms with Crippen LogP contribution in [-0.4, -0.2) is 71.4 Å². The largest absolute Gasteiger partial charge is 0.480 e. The van der Waals surface area contributed by atoms with Crippen molar-refractivity contribution in [1.82, 2.24) is 16.0 Å². The van der Waals surface area contributed by atoms with Crippen molar-refractivity contribution in [3.05, 3.63) is 35.9 Å². The predicted octanol–water partition coefficient (Wildman–Crippen LogP) is -2.57. The second-order valence-electron chi connectivity index (χ2n) is 8.44. The number of hydrogen-bond donors (Lipinski definition) is 8. The molecule has 4 amide bonds. The van der Waals surface area contributed by atoms with Crippen LogP contribution in [-0.2, 0) is 30.4 Å². The Kier molecular flexibility index (Phi) is 13.1. The highest BCUT2D eigenvalue weighted by Gasteiger charge is 2.28. The Morgan fingerprint density at radius 3 is 2.08 bits per heavy atom. The standard InChI is InChI=1S/C23H36N8O6/c1-13(19(33)30-16(22(36)37)9-10-18(25)32)29-21(35)17(12-14-6-3-2-4-7-14)31-20(34)15(24)8-5-11-28-23(26)27/h2-4,6-7,13,15-17H,5,8-12,24H2,1H3,(H2,25,32)(H,29,35)(H,30,33)(H,31,34)(H,36,37)(H4,26,27,28). The highest BCUT2D eigenvalue weighted by Crippen LogP contribution is 2.06. The molecule has 1 aromatic rings. The van der Waals surface area contributed by atoms with E-state index in [1.807, 2.05) is 0 Å². The minimum absolute atomic E-state index is 0.0710. The Morgan fingerprint density at radius 1 is 0.892 bits per heavy atom. The van der Waals surface area contributed by atoms with E-state index >= 15 is 0 Å². The molecule has 37 heavy (non-hydrogen) atoms. The molecule has 0 aliphatic heterocycles. The molecule has 14 nitrogen and oxygen atoms in total. The first-order valence-corrected chi connectivity index (χ1v) is 11.7. The summed E-state index contributed by atoms with van der Waals surface area (Å²) in [6.07, 6.45) is 0.382. The number of aliphatic imine (C=N–C) groups is 1. The summed E-state index contributed by atoms with van der Waals surface area (Å²) < 4.78 is 0. The molecule has 0 saturated carbocycles. The minimum atomic E-state index is -1.36. The predicted molar refractivity (Wildman–Crippen MR) is 136 cm³/mol. The van der Waals surface area contributed by atoms with Crippen molar-refractivity contribution < 1.29 is 29.1 Å². The first kappa shape index (κ1) is 30.8. The lowest BCUT2D eigenvalue weighted by atomic mass is 10.0. The molecule has 0 bridgehead atoms. The van der Waals surface area contributed by atoms with Gasteiger partial charge in [0, 0.05) is 19.4 Å². The molecule has 0 radical (unpaired) electrons. The summed E-state index contributed by atoms with van der Waals surface area (Å²) >= 11 is 0. The Bertz CT molecular complexity index is 967. The van der Waals surface area contributed by atoms with Gasteiger partial charge >= 0.3 is 5.97 Å². The number of carboxylic acid groups (broad SMARTS) is 1. The van der Waals surface area contributed by atoms with Crippen LogP contribution in [0.2, 0.25) is 0 Å². The van der Waals surface area contributed by atoms with Gasteiger partial charge in [-0.3, -0.25) is 24.2 Å². The van der Waals surface area contributed by atoms with Crippen LogP contribution in [0, 0.1) is 0 Å². The van der Waals surface area contributed by atoms with Crippen LogP contribution in [0.1, 0.15) is 38.2 Å². The van der Waals surface area contributed by atoms with Crippen molar-refractivity contribution in [2.24, 2.45) is 27.9 Å². The zero-order valence-electron chi connectivity index (χ0n) is 20.7. The van der Waals surface area contributed by atoms with Crippen molar-refractivity contribution in [3.63, 3.8) is 0 Å². The maximum atomic E-state index is 13.0. The van der Waals surface area contributed by atoms with E-state index in [-0.39, 0.29) is 31.6 Å². The first-order valence-electron chi connectivity index (χ1n) is 11.7. The number of nitrogens with one attached hydrogen (secondary N) is 3. The molecule has 0 spiro atoms. The highest BCUT2D eigenvalue weighted by molar-refractivity contribution is 5.94. The molecule has 204 valence electrons. The van der Waals surface area contributed by atoms with Gasteiger partial charge in [0.2, 0.25) is 23.6 Å². The number of rotatable bonds is 16. The summed E-state index contributed by atoms with van der Waals surface area (Å²) in [5, 5.41) is 16.6. The third-order valence-electron chi connectivity index (χ3n) is 5.27. The van der Waals surface area contributed by atoms with Crippen LogP contribution in [0.4, 0.5) is 0 Å². The second-order valence-corrected chi connectivity index (χ2v) is 8.44. The topological polar surface area (TPSA) is 258 Å². The maximum Gasteiger partial charge on any atom is 0.326 e. The van der Waals surface area contributed by atoms with Crippen LogP contribution in [0.15, 0.2) is 35.3 Å². The summed E-state index contributed by atoms with van der Waals surface area (Å²) in [6, 6.07) is 4.38. The Hall–Kier alpha value is -4.20. The number of nitrogens with zero attached hydrogens (tertiary/aromatic N) is 1. The average molecular weight is 521 g/mol. The van der Waals surface area contributed by atoms with Crippen molar-refractivity contribution in [1.29, 1.82) is 0 Å². The number of guanidine groups is 1. The smallest absolute Gasteiger partial charge is 0.326 e. The van der Waals surface area contributed by atoms with Crippen molar-refractivity contribution >= 4 is 35.6 Å². The molecule has 0 fully saturated rings. The maximum absolute atomic E-state index is 13.0. The molecule has 14 heteroatoms. The van der Waals surface area contributed by atoms with E-state index in [2.05, 4.69) is 20.9 Å². The molecule has 0 saturated heterocycles. The van der Waals surface area contributed by atoms with Gasteiger partial charge < -0.3 is 44.0 Å². The second kappa shape index (κ2) is 15.7. The van der Waals surface area contributed by atoms with Gasteiger partial charge in [-0.05, 0) is 31.7 Å². The summed E-state index contributed by atoms with van der Waals surface area (Å²) in [5.74, 6) is -4.16. The lowest BCUT2D eigenvalue weighted by Gasteiger charge is -2.23. The van der Waals surface area contributed by atoms with E-state index in [9.17, 15) is 29.1 Å². The van der Waals surface area contributed by atoms with Gasteiger partial charge in [-0.1, -0.05) is 30.3 Å². The number of primary amides is 1. The number of benzene rings is 1. The van der Waals surface area contributed by atoms with Gasteiger partial charge in [-0.2, -0.15) is 0 Å². The third kappa shape index (κ3) is 12.4. The number of nitrogens with two attached hydrogens (primary N) is 4. The van der Waals surface area contributed by atoms with Crippen molar-refractivity contribution in [2.75, 3.05) is 6.54 Å². The van der Waals surface area contributed by atoms with Crippen molar-refractivity contribution in [2.45, 2.75) is 63.2 Å². The monoisotopic (exact) mass is 520 g/mol. The van der Waals surface area contributed by atoms with Crippen LogP contribution >= 0.6 is 0 Å². The number of hydrogen-bond acceptors (Lipinski definition) is 7. The SMILES string of the molecule is CC(NC(=O)C(Cc1ccccc1)NC(=O)C(N)CCCN=C(N)N)C(=O)NC(CCC(N)=O)C(=O)O. The fraction of sp³-hybridized carbons (Fsp3) is 0.478. The zero-order valence-corrected chi connectivity index (χ0v) is 20.7. The molecule has 4 atom stereocenters. The van der Waals surface area contributed by atoms with Crippen molar-refractivity contribution in [3.8, 4) is 0 Å². The fourth-order valence-corrected chi connectivity index (χ4v) is 3.21. The molecule has 1 rings (SSSR count). The highest BCUT2D eigenvalue weighted by atomic mass is 16.4. The summed E-state index contributed by atoms with van der Waals surface area (Å²) in [7, 11) is 0. The van der Waals surface area contributed by atoms with Gasteiger partial charge in [0.1, 0.15) is 18.1 Å². The van der Waals surface area contributed by atoms with E-state index in [1.54, 1.807) is 30.3 Å². The molecule has 0 aromatic heterocycles. The fourth-order valence-electron chi connectivity index (χ4n) is 3.21. The van der Waals surface area contributed by atoms with E-state index in [1.165, 1.54) is 6.92 Å². The molecule has 0 aliphatic rings. The number of carboxylic acids is 1. The molecular formula is C23H36N8O6. The molecule has 0 heterocycles. The number of aliphatic carboxylic acids is 1. The third-order valence-corrected chi connectivity index (χ3v) is 5.27. The molecule has 0 aliphatic carbocycles. The summed E-state index contributed by atoms with van der Waals surface area (Å²) in [4.78, 5) is 64.3. The normalized spacial score (nSPS) is 13.8. The van der Waals surface area contributed by atoms with Gasteiger partial charge in [0.15, 0.2) is 5.96 Å². The number of amides is 4. The molecule has 1 aromatic carbocycles. The van der Waals surface area contributed by atoms with E-state index in [0.29, 0.717) is 13.0 Å². The zero-order chi connectivity index (χ0) is 28.0. The number of carbonyl (C=O) groups excluding carboxylic acids is 4. The quantitative estimate of drug-likeness (QED) is 0.0646. The lowest BCUT2D eigenvalue weighted by Crippen LogP contribution is -2.56. The lowest BCUT2D eigenvalue weighted by molar-refractivity contribution is -0.142. The summed E-state index contributed by atoms with van der Waals surface area (Å²) in [5.41, 5.74) is 22.3. The Labute approximate surface area is 214 Å². The van der Waals surface area contributed by atoms with Gasteiger partial charge in [-0.15, -0.1) is 0 Å². The van der Waals surface area contributed by atoms with Gasteiger partial charge in [0.25, 0.3) is 0 Å². The first-order chi connectivity index (χ1) is 17.4. The molecular weight excluding hydrogens is 484 g/mol.